The molecule has 0 unspecified atom stereocenters. The minimum atomic E-state index is -3.32. The summed E-state index contributed by atoms with van der Waals surface area (Å²) in [5.74, 6) is 6.08. The molecule has 29 heavy (non-hydrogen) atoms. The van der Waals surface area contributed by atoms with E-state index in [1.165, 1.54) is 0 Å². The molecule has 0 atom stereocenters. The maximum Gasteiger partial charge on any atom is 0.180 e. The molecule has 1 aromatic heterocycles. The molecule has 0 saturated carbocycles. The minimum absolute atomic E-state index is 0.0822. The Morgan fingerprint density at radius 3 is 2.38 bits per heavy atom. The highest BCUT2D eigenvalue weighted by atomic mass is 32.2. The zero-order chi connectivity index (χ0) is 21.0. The van der Waals surface area contributed by atoms with Crippen molar-refractivity contribution >= 4 is 9.84 Å². The number of hydrogen-bond acceptors (Lipinski definition) is 5. The van der Waals surface area contributed by atoms with Gasteiger partial charge in [0.05, 0.1) is 34.3 Å². The van der Waals surface area contributed by atoms with E-state index in [-0.39, 0.29) is 11.5 Å². The maximum absolute atomic E-state index is 12.3. The van der Waals surface area contributed by atoms with E-state index in [1.807, 2.05) is 31.2 Å². The molecule has 6 heteroatoms. The fraction of sp³-hybridized carbons (Fsp3) is 0.217. The van der Waals surface area contributed by atoms with Crippen molar-refractivity contribution in [3.63, 3.8) is 0 Å². The van der Waals surface area contributed by atoms with Gasteiger partial charge in [0.1, 0.15) is 5.69 Å². The Morgan fingerprint density at radius 2 is 1.72 bits per heavy atom. The average Bonchev–Trinajstić information content (AvgIpc) is 2.73. The summed E-state index contributed by atoms with van der Waals surface area (Å²) in [5.41, 5.74) is 4.10. The Bertz CT molecular complexity index is 1190. The van der Waals surface area contributed by atoms with Gasteiger partial charge < -0.3 is 5.11 Å². The molecule has 0 aliphatic heterocycles. The lowest BCUT2D eigenvalue weighted by atomic mass is 10.1. The molecule has 1 N–H and O–H groups in total. The van der Waals surface area contributed by atoms with E-state index < -0.39 is 15.1 Å². The molecule has 0 fully saturated rings. The third-order valence-electron chi connectivity index (χ3n) is 4.56. The molecular weight excluding hydrogens is 384 g/mol. The van der Waals surface area contributed by atoms with Crippen molar-refractivity contribution in [1.29, 1.82) is 0 Å². The molecule has 0 spiro atoms. The third kappa shape index (κ3) is 4.53. The lowest BCUT2D eigenvalue weighted by Crippen LogP contribution is -2.13. The van der Waals surface area contributed by atoms with Crippen molar-refractivity contribution in [2.45, 2.75) is 37.5 Å². The van der Waals surface area contributed by atoms with Gasteiger partial charge in [-0.25, -0.2) is 13.4 Å². The molecule has 5 nitrogen and oxygen atoms in total. The van der Waals surface area contributed by atoms with Crippen LogP contribution in [0, 0.1) is 18.8 Å². The van der Waals surface area contributed by atoms with Crippen molar-refractivity contribution in [3.05, 3.63) is 77.2 Å². The Labute approximate surface area is 171 Å². The molecule has 0 aliphatic carbocycles. The number of rotatable bonds is 4. The second kappa shape index (κ2) is 8.56. The zero-order valence-corrected chi connectivity index (χ0v) is 17.4. The highest BCUT2D eigenvalue weighted by Gasteiger charge is 2.19. The van der Waals surface area contributed by atoms with Gasteiger partial charge in [-0.2, -0.15) is 0 Å². The van der Waals surface area contributed by atoms with Crippen LogP contribution >= 0.6 is 0 Å². The van der Waals surface area contributed by atoms with Crippen molar-refractivity contribution in [2.75, 3.05) is 0 Å². The van der Waals surface area contributed by atoms with E-state index in [4.69, 9.17) is 0 Å². The molecule has 0 saturated heterocycles. The van der Waals surface area contributed by atoms with Crippen LogP contribution in [0.3, 0.4) is 0 Å². The highest BCUT2D eigenvalue weighted by Crippen LogP contribution is 2.22. The summed E-state index contributed by atoms with van der Waals surface area (Å²) in [5, 5.41) is 8.96. The lowest BCUT2D eigenvalue weighted by Gasteiger charge is -2.09. The maximum atomic E-state index is 12.3. The van der Waals surface area contributed by atoms with Gasteiger partial charge in [-0.05, 0) is 50.5 Å². The van der Waals surface area contributed by atoms with Crippen LogP contribution in [0.15, 0.2) is 59.6 Å². The number of hydrogen-bond donors (Lipinski definition) is 1. The Balaban J connectivity index is 1.95. The Kier molecular flexibility index (Phi) is 6.12. The quantitative estimate of drug-likeness (QED) is 0.671. The van der Waals surface area contributed by atoms with Crippen LogP contribution in [0.2, 0.25) is 0 Å². The summed E-state index contributed by atoms with van der Waals surface area (Å²) < 4.78 is 24.6. The highest BCUT2D eigenvalue weighted by molar-refractivity contribution is 7.92. The normalized spacial score (nSPS) is 11.2. The Hall–Kier alpha value is -3.01. The van der Waals surface area contributed by atoms with Gasteiger partial charge in [-0.3, -0.25) is 4.98 Å². The number of sulfone groups is 1. The largest absolute Gasteiger partial charge is 0.392 e. The van der Waals surface area contributed by atoms with Gasteiger partial charge in [0.2, 0.25) is 0 Å². The summed E-state index contributed by atoms with van der Waals surface area (Å²) in [7, 11) is -3.32. The van der Waals surface area contributed by atoms with E-state index >= 15 is 0 Å². The van der Waals surface area contributed by atoms with Gasteiger partial charge in [-0.1, -0.05) is 36.3 Å². The van der Waals surface area contributed by atoms with Crippen LogP contribution in [0.1, 0.15) is 36.4 Å². The minimum Gasteiger partial charge on any atom is -0.392 e. The fourth-order valence-electron chi connectivity index (χ4n) is 2.70. The van der Waals surface area contributed by atoms with E-state index in [0.29, 0.717) is 17.1 Å². The van der Waals surface area contributed by atoms with Crippen molar-refractivity contribution in [1.82, 2.24) is 9.97 Å². The first kappa shape index (κ1) is 20.7. The molecule has 3 aromatic rings. The first-order valence-electron chi connectivity index (χ1n) is 9.21. The SMILES string of the molecule is Cc1ncc(-c2ccc(S(=O)(=O)C(C)C)cc2)nc1C#Cc1ccccc1CO. The number of benzene rings is 2. The molecule has 0 radical (unpaired) electrons. The molecule has 0 aliphatic rings. The fourth-order valence-corrected chi connectivity index (χ4v) is 3.76. The molecular formula is C23H22N2O3S. The number of aryl methyl sites for hydroxylation is 1. The van der Waals surface area contributed by atoms with Gasteiger partial charge in [0, 0.05) is 11.1 Å². The van der Waals surface area contributed by atoms with Crippen LogP contribution in [-0.4, -0.2) is 28.7 Å². The van der Waals surface area contributed by atoms with Crippen LogP contribution in [0.25, 0.3) is 11.3 Å². The first-order chi connectivity index (χ1) is 13.8. The van der Waals surface area contributed by atoms with Gasteiger partial charge >= 0.3 is 0 Å². The predicted molar refractivity (Wildman–Crippen MR) is 113 cm³/mol. The summed E-state index contributed by atoms with van der Waals surface area (Å²) in [6.45, 7) is 5.07. The second-order valence-corrected chi connectivity index (χ2v) is 9.38. The van der Waals surface area contributed by atoms with Gasteiger partial charge in [0.15, 0.2) is 9.84 Å². The van der Waals surface area contributed by atoms with Crippen LogP contribution < -0.4 is 0 Å². The van der Waals surface area contributed by atoms with Crippen LogP contribution in [0.4, 0.5) is 0 Å². The number of nitrogens with zero attached hydrogens (tertiary/aromatic N) is 2. The Morgan fingerprint density at radius 1 is 1.03 bits per heavy atom. The molecule has 3 rings (SSSR count). The molecule has 1 heterocycles. The number of aliphatic hydroxyl groups is 1. The summed E-state index contributed by atoms with van der Waals surface area (Å²) in [4.78, 5) is 9.26. The van der Waals surface area contributed by atoms with Crippen LogP contribution in [0.5, 0.6) is 0 Å². The van der Waals surface area contributed by atoms with E-state index in [1.54, 1.807) is 44.3 Å². The van der Waals surface area contributed by atoms with Gasteiger partial charge in [-0.15, -0.1) is 0 Å². The van der Waals surface area contributed by atoms with Crippen molar-refractivity contribution in [2.24, 2.45) is 0 Å². The summed E-state index contributed by atoms with van der Waals surface area (Å²) in [6.07, 6.45) is 1.65. The van der Waals surface area contributed by atoms with E-state index in [2.05, 4.69) is 21.8 Å². The monoisotopic (exact) mass is 406 g/mol. The molecule has 2 aromatic carbocycles. The molecule has 148 valence electrons. The molecule has 0 amide bonds. The third-order valence-corrected chi connectivity index (χ3v) is 6.73. The second-order valence-electron chi connectivity index (χ2n) is 6.87. The molecule has 0 bridgehead atoms. The number of aromatic nitrogens is 2. The number of aliphatic hydroxyl groups excluding tert-OH is 1. The van der Waals surface area contributed by atoms with Crippen molar-refractivity contribution in [3.8, 4) is 23.1 Å². The average molecular weight is 407 g/mol. The first-order valence-corrected chi connectivity index (χ1v) is 10.8. The standard InChI is InChI=1S/C23H22N2O3S/c1-16(2)29(27,28)21-11-8-19(9-12-21)23-14-24-17(3)22(25-23)13-10-18-6-4-5-7-20(18)15-26/h4-9,11-12,14,16,26H,15H2,1-3H3. The lowest BCUT2D eigenvalue weighted by molar-refractivity contribution is 0.281. The predicted octanol–water partition coefficient (Wildman–Crippen LogP) is 3.53. The summed E-state index contributed by atoms with van der Waals surface area (Å²) >= 11 is 0. The van der Waals surface area contributed by atoms with Gasteiger partial charge in [0.25, 0.3) is 0 Å². The smallest absolute Gasteiger partial charge is 0.180 e. The topological polar surface area (TPSA) is 80.2 Å². The van der Waals surface area contributed by atoms with Crippen LogP contribution in [-0.2, 0) is 16.4 Å². The van der Waals surface area contributed by atoms with Crippen molar-refractivity contribution < 1.29 is 13.5 Å². The zero-order valence-electron chi connectivity index (χ0n) is 16.5. The van der Waals surface area contributed by atoms with E-state index in [0.717, 1.165) is 16.7 Å². The van der Waals surface area contributed by atoms with E-state index in [9.17, 15) is 13.5 Å². The summed E-state index contributed by atoms with van der Waals surface area (Å²) in [6, 6.07) is 14.0.